The van der Waals surface area contributed by atoms with Gasteiger partial charge in [-0.05, 0) is 86.9 Å². The molecule has 0 bridgehead atoms. The molecule has 91 heavy (non-hydrogen) atoms. The molecule has 23 heteroatoms. The molecule has 23 nitrogen and oxygen atoms in total. The smallest absolute Gasteiger partial charge is 0.246 e. The highest BCUT2D eigenvalue weighted by molar-refractivity contribution is 5.99. The van der Waals surface area contributed by atoms with E-state index in [1.54, 1.807) is 67.2 Å². The Balaban J connectivity index is 2.94. The number of Topliss-reactive ketones (excluding diaryl/α,β-unsaturated/α-hetero) is 3. The van der Waals surface area contributed by atoms with E-state index in [9.17, 15) is 48.3 Å². The largest absolute Gasteiger partial charge is 0.390 e. The summed E-state index contributed by atoms with van der Waals surface area (Å²) in [5, 5.41) is 15.2. The number of aliphatic hydroxyl groups is 1. The number of hydrogen-bond donors (Lipinski definition) is 2. The van der Waals surface area contributed by atoms with Crippen LogP contribution in [0.2, 0.25) is 0 Å². The van der Waals surface area contributed by atoms with Crippen molar-refractivity contribution in [1.82, 2.24) is 44.5 Å². The molecule has 0 aliphatic carbocycles. The number of ketones is 3. The first-order chi connectivity index (χ1) is 42.2. The fourth-order valence-corrected chi connectivity index (χ4v) is 12.7. The molecule has 2 rings (SSSR count). The lowest BCUT2D eigenvalue weighted by molar-refractivity contribution is -0.157. The Kier molecular flexibility index (Phi) is 33.2. The molecule has 0 aromatic rings. The van der Waals surface area contributed by atoms with Crippen LogP contribution in [0.15, 0.2) is 0 Å². The topological polar surface area (TPSA) is 272 Å². The van der Waals surface area contributed by atoms with Crippen LogP contribution < -0.4 is 5.32 Å². The van der Waals surface area contributed by atoms with Crippen molar-refractivity contribution in [2.75, 3.05) is 82.2 Å². The monoisotopic (exact) mass is 1290 g/mol. The van der Waals surface area contributed by atoms with Gasteiger partial charge in [0.25, 0.3) is 0 Å². The van der Waals surface area contributed by atoms with Crippen LogP contribution in [0.4, 0.5) is 0 Å². The molecule has 12 atom stereocenters. The van der Waals surface area contributed by atoms with E-state index in [4.69, 9.17) is 4.74 Å². The number of nitrogens with one attached hydrogen (secondary N) is 1. The van der Waals surface area contributed by atoms with Crippen LogP contribution in [-0.4, -0.2) is 245 Å². The van der Waals surface area contributed by atoms with E-state index in [1.165, 1.54) is 85.7 Å². The van der Waals surface area contributed by atoms with E-state index < -0.39 is 167 Å². The number of aliphatic hydroxyl groups excluding tert-OH is 1. The number of likely N-dealkylation sites (N-methyl/N-ethyl adjacent to an activating group) is 7. The van der Waals surface area contributed by atoms with Crippen molar-refractivity contribution in [1.29, 1.82) is 0 Å². The van der Waals surface area contributed by atoms with Crippen molar-refractivity contribution in [2.24, 2.45) is 59.2 Å². The molecule has 0 aromatic heterocycles. The zero-order chi connectivity index (χ0) is 70.0. The minimum absolute atomic E-state index is 0.0760. The minimum Gasteiger partial charge on any atom is -0.390 e. The van der Waals surface area contributed by atoms with Crippen LogP contribution in [0.25, 0.3) is 0 Å². The Hall–Kier alpha value is -5.84. The summed E-state index contributed by atoms with van der Waals surface area (Å²) >= 11 is 0. The molecular formula is C68H119N9O14. The van der Waals surface area contributed by atoms with Gasteiger partial charge in [0.05, 0.1) is 37.9 Å². The molecule has 1 unspecified atom stereocenters. The molecule has 2 saturated heterocycles. The van der Waals surface area contributed by atoms with Gasteiger partial charge in [-0.15, -0.1) is 0 Å². The predicted molar refractivity (Wildman–Crippen MR) is 349 cm³/mol. The van der Waals surface area contributed by atoms with Crippen molar-refractivity contribution in [2.45, 2.75) is 223 Å². The summed E-state index contributed by atoms with van der Waals surface area (Å²) in [4.78, 5) is 185. The lowest BCUT2D eigenvalue weighted by Gasteiger charge is -2.42. The molecular weight excluding hydrogens is 1170 g/mol. The second kappa shape index (κ2) is 37.2. The highest BCUT2D eigenvalue weighted by Crippen LogP contribution is 2.30. The predicted octanol–water partition coefficient (Wildman–Crippen LogP) is 5.21. The minimum atomic E-state index is -1.57. The SMILES string of the molecule is CC[C@H]1CC(=O)[C@@H]([C@H](O)[C@H](C)CCCC(=O)N2CCOCC2)N(C)C(=O)[C@@H](C(C)C)N(C)C(=O)[C@@H](CC(C)C)N(C)C(=O)C(C(C)C)N(C)C(=O)[C@H](C)NC(=O)[C@@H](C)CC(=O)[C@@H](CC(C)C)N(C)C(=O)[C@@H](C(C)C)CC(=O)[C@H](CC(C)C)N(C)C(=O)CN(C)C1=O. The first-order valence-corrected chi connectivity index (χ1v) is 33.4. The second-order valence-corrected chi connectivity index (χ2v) is 28.7. The van der Waals surface area contributed by atoms with Gasteiger partial charge in [0, 0.05) is 106 Å². The van der Waals surface area contributed by atoms with E-state index in [2.05, 4.69) is 5.32 Å². The van der Waals surface area contributed by atoms with Gasteiger partial charge >= 0.3 is 0 Å². The van der Waals surface area contributed by atoms with Crippen molar-refractivity contribution >= 4 is 70.5 Å². The Labute approximate surface area is 545 Å². The molecule has 2 heterocycles. The number of morpholine rings is 1. The van der Waals surface area contributed by atoms with Gasteiger partial charge in [-0.2, -0.15) is 0 Å². The fourth-order valence-electron chi connectivity index (χ4n) is 12.7. The molecule has 0 radical (unpaired) electrons. The van der Waals surface area contributed by atoms with Crippen molar-refractivity contribution in [3.05, 3.63) is 0 Å². The molecule has 9 amide bonds. The molecule has 0 aromatic carbocycles. The fraction of sp³-hybridized carbons (Fsp3) is 0.824. The van der Waals surface area contributed by atoms with Crippen molar-refractivity contribution < 1.29 is 67.4 Å². The molecule has 0 spiro atoms. The quantitative estimate of drug-likeness (QED) is 0.201. The van der Waals surface area contributed by atoms with E-state index in [0.29, 0.717) is 32.7 Å². The van der Waals surface area contributed by atoms with Gasteiger partial charge in [0.15, 0.2) is 17.3 Å². The summed E-state index contributed by atoms with van der Waals surface area (Å²) in [5.41, 5.74) is 0. The highest BCUT2D eigenvalue weighted by atomic mass is 16.5. The highest BCUT2D eigenvalue weighted by Gasteiger charge is 2.46. The standard InChI is InChI=1S/C68H119N9O14/c1-24-48-36-55(80)60(61(83)45(14)26-25-27-56(81)77-28-30-91-31-29-77)76(23)68(90)59(44(12)13)75(22)66(88)52(34-41(6)7)73(20)67(89)58(43(10)11)74(21)63(85)47(16)69-62(84)46(15)35-53(78)51(33-40(4)5)72(19)65(87)49(42(8)9)37-54(79)50(32-39(2)3)71(18)57(82)38-70(17)64(48)86/h39-52,58-61,83H,24-38H2,1-23H3,(H,69,84)/t45-,46+,47+,48+,49-,50+,51-,52-,58?,59-,60+,61-/m1/s1. The number of nitrogens with zero attached hydrogens (tertiary/aromatic N) is 8. The number of rotatable bonds is 16. The van der Waals surface area contributed by atoms with Crippen LogP contribution in [0.1, 0.15) is 175 Å². The van der Waals surface area contributed by atoms with Crippen LogP contribution in [-0.2, 0) is 62.3 Å². The summed E-state index contributed by atoms with van der Waals surface area (Å²) in [5.74, 6) is -11.8. The molecule has 2 N–H and O–H groups in total. The maximum absolute atomic E-state index is 15.4. The lowest BCUT2D eigenvalue weighted by Crippen LogP contribution is -2.62. The normalized spacial score (nSPS) is 27.1. The third-order valence-electron chi connectivity index (χ3n) is 18.6. The Bertz CT molecular complexity index is 2500. The van der Waals surface area contributed by atoms with Gasteiger partial charge in [0.2, 0.25) is 53.2 Å². The number of ether oxygens (including phenoxy) is 1. The molecule has 0 saturated carbocycles. The maximum atomic E-state index is 15.4. The van der Waals surface area contributed by atoms with Crippen molar-refractivity contribution in [3.8, 4) is 0 Å². The Morgan fingerprint density at radius 2 is 0.978 bits per heavy atom. The Morgan fingerprint density at radius 3 is 1.46 bits per heavy atom. The summed E-state index contributed by atoms with van der Waals surface area (Å²) < 4.78 is 5.41. The molecule has 520 valence electrons. The average Bonchev–Trinajstić information content (AvgIpc) is 0.894. The van der Waals surface area contributed by atoms with E-state index >= 15 is 14.4 Å². The number of amides is 9. The summed E-state index contributed by atoms with van der Waals surface area (Å²) in [6.45, 7) is 29.6. The molecule has 2 aliphatic rings. The van der Waals surface area contributed by atoms with Gasteiger partial charge in [-0.3, -0.25) is 57.5 Å². The first-order valence-electron chi connectivity index (χ1n) is 33.4. The van der Waals surface area contributed by atoms with Gasteiger partial charge in [-0.1, -0.05) is 104 Å². The van der Waals surface area contributed by atoms with Crippen LogP contribution in [0.3, 0.4) is 0 Å². The van der Waals surface area contributed by atoms with Crippen LogP contribution in [0.5, 0.6) is 0 Å². The first kappa shape index (κ1) is 81.3. The summed E-state index contributed by atoms with van der Waals surface area (Å²) in [6, 6.07) is -8.36. The molecule has 2 aliphatic heterocycles. The van der Waals surface area contributed by atoms with Gasteiger partial charge in [0.1, 0.15) is 30.2 Å². The van der Waals surface area contributed by atoms with Crippen LogP contribution >= 0.6 is 0 Å². The second-order valence-electron chi connectivity index (χ2n) is 28.7. The third kappa shape index (κ3) is 22.7. The zero-order valence-electron chi connectivity index (χ0n) is 59.8. The van der Waals surface area contributed by atoms with Gasteiger partial charge < -0.3 is 54.4 Å². The summed E-state index contributed by atoms with van der Waals surface area (Å²) in [6.07, 6.45) is -1.06. The summed E-state index contributed by atoms with van der Waals surface area (Å²) in [7, 11) is 10.1. The maximum Gasteiger partial charge on any atom is 0.246 e. The van der Waals surface area contributed by atoms with E-state index in [-0.39, 0.29) is 75.0 Å². The number of hydrogen-bond acceptors (Lipinski definition) is 14. The van der Waals surface area contributed by atoms with Crippen molar-refractivity contribution in [3.63, 3.8) is 0 Å². The third-order valence-corrected chi connectivity index (χ3v) is 18.6. The number of carbonyl (C=O) groups is 12. The average molecular weight is 1290 g/mol. The molecule has 2 fully saturated rings. The number of carbonyl (C=O) groups excluding carboxylic acids is 12. The van der Waals surface area contributed by atoms with E-state index in [0.717, 1.165) is 4.90 Å². The Morgan fingerprint density at radius 1 is 0.527 bits per heavy atom. The lowest BCUT2D eigenvalue weighted by atomic mass is 9.84. The van der Waals surface area contributed by atoms with Gasteiger partial charge in [-0.25, -0.2) is 0 Å². The van der Waals surface area contributed by atoms with Crippen LogP contribution in [0, 0.1) is 59.2 Å². The van der Waals surface area contributed by atoms with E-state index in [1.807, 2.05) is 41.5 Å². The zero-order valence-corrected chi connectivity index (χ0v) is 59.8.